The monoisotopic (exact) mass is 248 g/mol. The topological polar surface area (TPSA) is 24.1 Å². The van der Waals surface area contributed by atoms with Crippen molar-refractivity contribution in [2.45, 2.75) is 19.0 Å². The molecule has 2 nitrogen and oxygen atoms in total. The molecular formula is C11H18Cl2N2. The maximum absolute atomic E-state index is 3.52. The fraction of sp³-hybridized carbons (Fsp3) is 0.455. The number of piperazine rings is 1. The van der Waals surface area contributed by atoms with Gasteiger partial charge in [-0.05, 0) is 12.5 Å². The molecule has 1 saturated heterocycles. The number of hydrogen-bond acceptors (Lipinski definition) is 2. The number of nitrogens with one attached hydrogen (secondary N) is 2. The second-order valence-electron chi connectivity index (χ2n) is 3.59. The predicted molar refractivity (Wildman–Crippen MR) is 69.1 cm³/mol. The van der Waals surface area contributed by atoms with Gasteiger partial charge in [0.15, 0.2) is 0 Å². The van der Waals surface area contributed by atoms with Crippen molar-refractivity contribution in [1.82, 2.24) is 10.6 Å². The van der Waals surface area contributed by atoms with Crippen LogP contribution in [0.2, 0.25) is 0 Å². The van der Waals surface area contributed by atoms with E-state index in [9.17, 15) is 0 Å². The summed E-state index contributed by atoms with van der Waals surface area (Å²) in [4.78, 5) is 0. The molecule has 1 aromatic carbocycles. The van der Waals surface area contributed by atoms with Gasteiger partial charge in [0.25, 0.3) is 0 Å². The van der Waals surface area contributed by atoms with Crippen LogP contribution in [0.15, 0.2) is 30.3 Å². The Kier molecular flexibility index (Phi) is 6.94. The summed E-state index contributed by atoms with van der Waals surface area (Å²) < 4.78 is 0. The maximum atomic E-state index is 3.52. The van der Waals surface area contributed by atoms with Crippen LogP contribution in [0.3, 0.4) is 0 Å². The van der Waals surface area contributed by atoms with Crippen molar-refractivity contribution in [3.63, 3.8) is 0 Å². The zero-order valence-corrected chi connectivity index (χ0v) is 10.4. The fourth-order valence-electron chi connectivity index (χ4n) is 1.89. The van der Waals surface area contributed by atoms with Crippen LogP contribution >= 0.6 is 24.8 Å². The van der Waals surface area contributed by atoms with Gasteiger partial charge in [0.1, 0.15) is 0 Å². The molecule has 2 atom stereocenters. The first-order chi connectivity index (χ1) is 6.38. The molecule has 4 heteroatoms. The van der Waals surface area contributed by atoms with Gasteiger partial charge in [0, 0.05) is 25.2 Å². The highest BCUT2D eigenvalue weighted by Gasteiger charge is 2.20. The van der Waals surface area contributed by atoms with E-state index in [0.717, 1.165) is 13.1 Å². The minimum atomic E-state index is 0. The van der Waals surface area contributed by atoms with E-state index in [-0.39, 0.29) is 24.8 Å². The molecule has 0 aromatic heterocycles. The van der Waals surface area contributed by atoms with Crippen molar-refractivity contribution in [3.05, 3.63) is 35.9 Å². The SMILES string of the molecule is CC1NCCNC1c1ccccc1.Cl.Cl. The Bertz CT molecular complexity index is 267. The molecule has 0 bridgehead atoms. The average molecular weight is 249 g/mol. The molecule has 0 saturated carbocycles. The molecule has 86 valence electrons. The van der Waals surface area contributed by atoms with E-state index in [2.05, 4.69) is 47.9 Å². The summed E-state index contributed by atoms with van der Waals surface area (Å²) >= 11 is 0. The second-order valence-corrected chi connectivity index (χ2v) is 3.59. The Hall–Kier alpha value is -0.280. The Labute approximate surface area is 104 Å². The highest BCUT2D eigenvalue weighted by atomic mass is 35.5. The number of halogens is 2. The molecule has 2 rings (SSSR count). The summed E-state index contributed by atoms with van der Waals surface area (Å²) in [5.74, 6) is 0. The zero-order valence-electron chi connectivity index (χ0n) is 8.77. The molecule has 1 aliphatic heterocycles. The van der Waals surface area contributed by atoms with E-state index in [1.54, 1.807) is 0 Å². The molecule has 1 aromatic rings. The van der Waals surface area contributed by atoms with E-state index in [0.29, 0.717) is 12.1 Å². The quantitative estimate of drug-likeness (QED) is 0.797. The van der Waals surface area contributed by atoms with Crippen LogP contribution < -0.4 is 10.6 Å². The van der Waals surface area contributed by atoms with Gasteiger partial charge in [-0.3, -0.25) is 0 Å². The van der Waals surface area contributed by atoms with E-state index in [1.807, 2.05) is 0 Å². The van der Waals surface area contributed by atoms with Crippen LogP contribution in [0, 0.1) is 0 Å². The van der Waals surface area contributed by atoms with Crippen LogP contribution in [-0.2, 0) is 0 Å². The van der Waals surface area contributed by atoms with Crippen molar-refractivity contribution in [2.75, 3.05) is 13.1 Å². The molecule has 0 aliphatic carbocycles. The van der Waals surface area contributed by atoms with Gasteiger partial charge in [0.05, 0.1) is 0 Å². The van der Waals surface area contributed by atoms with Crippen LogP contribution in [0.4, 0.5) is 0 Å². The van der Waals surface area contributed by atoms with E-state index < -0.39 is 0 Å². The number of benzene rings is 1. The smallest absolute Gasteiger partial charge is 0.0473 e. The van der Waals surface area contributed by atoms with Crippen LogP contribution in [0.5, 0.6) is 0 Å². The van der Waals surface area contributed by atoms with Gasteiger partial charge in [-0.1, -0.05) is 30.3 Å². The van der Waals surface area contributed by atoms with Crippen LogP contribution in [0.25, 0.3) is 0 Å². The standard InChI is InChI=1S/C11H16N2.2ClH/c1-9-11(13-8-7-12-9)10-5-3-2-4-6-10;;/h2-6,9,11-13H,7-8H2,1H3;2*1H. The van der Waals surface area contributed by atoms with Crippen molar-refractivity contribution in [3.8, 4) is 0 Å². The highest BCUT2D eigenvalue weighted by molar-refractivity contribution is 5.85. The first kappa shape index (κ1) is 14.7. The first-order valence-electron chi connectivity index (χ1n) is 4.89. The minimum Gasteiger partial charge on any atom is -0.311 e. The van der Waals surface area contributed by atoms with Gasteiger partial charge in [-0.15, -0.1) is 24.8 Å². The Morgan fingerprint density at radius 3 is 2.20 bits per heavy atom. The molecule has 15 heavy (non-hydrogen) atoms. The molecule has 2 unspecified atom stereocenters. The van der Waals surface area contributed by atoms with Crippen molar-refractivity contribution in [2.24, 2.45) is 0 Å². The third-order valence-corrected chi connectivity index (χ3v) is 2.61. The van der Waals surface area contributed by atoms with Crippen molar-refractivity contribution >= 4 is 24.8 Å². The van der Waals surface area contributed by atoms with Crippen molar-refractivity contribution in [1.29, 1.82) is 0 Å². The fourth-order valence-corrected chi connectivity index (χ4v) is 1.89. The lowest BCUT2D eigenvalue weighted by Crippen LogP contribution is -2.48. The lowest BCUT2D eigenvalue weighted by atomic mass is 9.99. The van der Waals surface area contributed by atoms with Crippen LogP contribution in [-0.4, -0.2) is 19.1 Å². The number of hydrogen-bond donors (Lipinski definition) is 2. The Morgan fingerprint density at radius 1 is 1.00 bits per heavy atom. The lowest BCUT2D eigenvalue weighted by molar-refractivity contribution is 0.345. The molecule has 2 N–H and O–H groups in total. The summed E-state index contributed by atoms with van der Waals surface area (Å²) in [6.45, 7) is 4.36. The summed E-state index contributed by atoms with van der Waals surface area (Å²) in [5, 5.41) is 6.99. The second kappa shape index (κ2) is 7.07. The zero-order chi connectivity index (χ0) is 9.10. The normalized spacial score (nSPS) is 24.9. The summed E-state index contributed by atoms with van der Waals surface area (Å²) in [6.07, 6.45) is 0. The van der Waals surface area contributed by atoms with Gasteiger partial charge in [0.2, 0.25) is 0 Å². The molecule has 1 fully saturated rings. The molecule has 0 radical (unpaired) electrons. The molecule has 1 aliphatic rings. The molecule has 0 spiro atoms. The first-order valence-corrected chi connectivity index (χ1v) is 4.89. The van der Waals surface area contributed by atoms with Crippen molar-refractivity contribution < 1.29 is 0 Å². The van der Waals surface area contributed by atoms with Gasteiger partial charge >= 0.3 is 0 Å². The molecule has 1 heterocycles. The van der Waals surface area contributed by atoms with E-state index in [1.165, 1.54) is 5.56 Å². The lowest BCUT2D eigenvalue weighted by Gasteiger charge is -2.31. The van der Waals surface area contributed by atoms with Crippen LogP contribution in [0.1, 0.15) is 18.5 Å². The summed E-state index contributed by atoms with van der Waals surface area (Å²) in [6, 6.07) is 11.6. The third kappa shape index (κ3) is 3.65. The van der Waals surface area contributed by atoms with Gasteiger partial charge in [-0.25, -0.2) is 0 Å². The van der Waals surface area contributed by atoms with Gasteiger partial charge < -0.3 is 10.6 Å². The molecular weight excluding hydrogens is 231 g/mol. The summed E-state index contributed by atoms with van der Waals surface area (Å²) in [5.41, 5.74) is 1.38. The summed E-state index contributed by atoms with van der Waals surface area (Å²) in [7, 11) is 0. The minimum absolute atomic E-state index is 0. The average Bonchev–Trinajstić information content (AvgIpc) is 2.20. The largest absolute Gasteiger partial charge is 0.311 e. The van der Waals surface area contributed by atoms with E-state index in [4.69, 9.17) is 0 Å². The van der Waals surface area contributed by atoms with E-state index >= 15 is 0 Å². The Balaban J connectivity index is 0.000000980. The highest BCUT2D eigenvalue weighted by Crippen LogP contribution is 2.17. The third-order valence-electron chi connectivity index (χ3n) is 2.61. The Morgan fingerprint density at radius 2 is 1.60 bits per heavy atom. The molecule has 0 amide bonds. The predicted octanol–water partition coefficient (Wildman–Crippen LogP) is 2.15. The van der Waals surface area contributed by atoms with Gasteiger partial charge in [-0.2, -0.15) is 0 Å². The number of rotatable bonds is 1. The maximum Gasteiger partial charge on any atom is 0.0473 e.